The number of anilines is 1. The molecule has 1 unspecified atom stereocenters. The predicted octanol–water partition coefficient (Wildman–Crippen LogP) is 3.12. The number of hydrogen-bond acceptors (Lipinski definition) is 3. The van der Waals surface area contributed by atoms with Crippen molar-refractivity contribution in [2.24, 2.45) is 0 Å². The minimum Gasteiger partial charge on any atom is -0.491 e. The van der Waals surface area contributed by atoms with Crippen LogP contribution < -0.4 is 10.5 Å². The smallest absolute Gasteiger partial charge is 0.149 e. The maximum absolute atomic E-state index is 6.01. The van der Waals surface area contributed by atoms with Gasteiger partial charge >= 0.3 is 0 Å². The Morgan fingerprint density at radius 3 is 3.05 bits per heavy atom. The Labute approximate surface area is 119 Å². The number of aromatic nitrogens is 2. The summed E-state index contributed by atoms with van der Waals surface area (Å²) < 4.78 is 7.85. The second kappa shape index (κ2) is 5.19. The normalized spacial score (nSPS) is 15.1. The maximum atomic E-state index is 6.01. The van der Waals surface area contributed by atoms with Gasteiger partial charge in [-0.2, -0.15) is 5.10 Å². The van der Waals surface area contributed by atoms with Crippen molar-refractivity contribution < 1.29 is 4.74 Å². The Kier molecular flexibility index (Phi) is 3.38. The molecule has 3 rings (SSSR count). The molecule has 20 heavy (non-hydrogen) atoms. The van der Waals surface area contributed by atoms with Gasteiger partial charge in [-0.3, -0.25) is 0 Å². The van der Waals surface area contributed by atoms with Crippen molar-refractivity contribution in [1.82, 2.24) is 9.78 Å². The van der Waals surface area contributed by atoms with Crippen LogP contribution in [0, 0.1) is 0 Å². The van der Waals surface area contributed by atoms with Crippen LogP contribution in [0.3, 0.4) is 0 Å². The number of nitrogen functional groups attached to an aromatic ring is 1. The predicted molar refractivity (Wildman–Crippen MR) is 80.4 cm³/mol. The molecule has 0 saturated heterocycles. The average molecular weight is 271 g/mol. The molecule has 4 heteroatoms. The average Bonchev–Trinajstić information content (AvgIpc) is 3.03. The molecule has 1 aromatic carbocycles. The van der Waals surface area contributed by atoms with Gasteiger partial charge in [0.25, 0.3) is 0 Å². The lowest BCUT2D eigenvalue weighted by Crippen LogP contribution is -2.10. The molecule has 1 aromatic heterocycles. The number of nitrogens with zero attached hydrogens (tertiary/aromatic N) is 2. The van der Waals surface area contributed by atoms with Gasteiger partial charge in [0, 0.05) is 17.3 Å². The van der Waals surface area contributed by atoms with Gasteiger partial charge in [0.05, 0.1) is 11.8 Å². The Morgan fingerprint density at radius 1 is 1.40 bits per heavy atom. The summed E-state index contributed by atoms with van der Waals surface area (Å²) in [6.07, 6.45) is 4.48. The van der Waals surface area contributed by atoms with Crippen LogP contribution in [-0.2, 0) is 12.8 Å². The molecule has 0 bridgehead atoms. The molecule has 0 fully saturated rings. The number of rotatable bonds is 4. The van der Waals surface area contributed by atoms with E-state index in [1.165, 1.54) is 17.7 Å². The molecule has 2 N–H and O–H groups in total. The van der Waals surface area contributed by atoms with Crippen LogP contribution in [0.25, 0.3) is 5.69 Å². The van der Waals surface area contributed by atoms with Crippen LogP contribution >= 0.6 is 0 Å². The number of ether oxygens (including phenoxy) is 1. The Morgan fingerprint density at radius 2 is 2.25 bits per heavy atom. The molecule has 0 spiro atoms. The number of nitrogens with two attached hydrogens (primary N) is 1. The molecule has 0 amide bonds. The standard InChI is InChI=1S/C16H21N3O/c1-3-11(2)20-13-7-4-6-12(10-13)19-15-9-5-8-14(15)16(17)18-19/h4,6-7,10-11H,3,5,8-9H2,1-2H3,(H2,17,18). The van der Waals surface area contributed by atoms with Crippen molar-refractivity contribution in [3.05, 3.63) is 35.5 Å². The second-order valence-corrected chi connectivity index (χ2v) is 5.41. The van der Waals surface area contributed by atoms with Gasteiger partial charge in [-0.25, -0.2) is 4.68 Å². The molecule has 1 aliphatic rings. The third-order valence-corrected chi connectivity index (χ3v) is 3.94. The van der Waals surface area contributed by atoms with E-state index in [1.807, 2.05) is 22.9 Å². The first kappa shape index (κ1) is 13.0. The summed E-state index contributed by atoms with van der Waals surface area (Å²) >= 11 is 0. The minimum atomic E-state index is 0.221. The third-order valence-electron chi connectivity index (χ3n) is 3.94. The topological polar surface area (TPSA) is 53.1 Å². The lowest BCUT2D eigenvalue weighted by molar-refractivity contribution is 0.217. The molecular weight excluding hydrogens is 250 g/mol. The molecule has 1 aliphatic carbocycles. The first-order valence-electron chi connectivity index (χ1n) is 7.32. The quantitative estimate of drug-likeness (QED) is 0.929. The van der Waals surface area contributed by atoms with Crippen LogP contribution in [-0.4, -0.2) is 15.9 Å². The summed E-state index contributed by atoms with van der Waals surface area (Å²) in [7, 11) is 0. The van der Waals surface area contributed by atoms with Crippen molar-refractivity contribution in [3.63, 3.8) is 0 Å². The fraction of sp³-hybridized carbons (Fsp3) is 0.438. The van der Waals surface area contributed by atoms with Gasteiger partial charge in [-0.05, 0) is 44.7 Å². The highest BCUT2D eigenvalue weighted by molar-refractivity contribution is 5.50. The van der Waals surface area contributed by atoms with Crippen LogP contribution in [0.4, 0.5) is 5.82 Å². The first-order chi connectivity index (χ1) is 9.69. The van der Waals surface area contributed by atoms with Gasteiger partial charge in [0.1, 0.15) is 11.6 Å². The molecule has 0 radical (unpaired) electrons. The van der Waals surface area contributed by atoms with E-state index in [4.69, 9.17) is 10.5 Å². The monoisotopic (exact) mass is 271 g/mol. The van der Waals surface area contributed by atoms with Gasteiger partial charge in [0.2, 0.25) is 0 Å². The summed E-state index contributed by atoms with van der Waals surface area (Å²) in [5, 5.41) is 4.48. The highest BCUT2D eigenvalue weighted by Gasteiger charge is 2.21. The van der Waals surface area contributed by atoms with Gasteiger partial charge in [0.15, 0.2) is 0 Å². The van der Waals surface area contributed by atoms with E-state index in [0.29, 0.717) is 5.82 Å². The molecule has 4 nitrogen and oxygen atoms in total. The fourth-order valence-electron chi connectivity index (χ4n) is 2.68. The molecule has 0 saturated carbocycles. The zero-order chi connectivity index (χ0) is 14.1. The third kappa shape index (κ3) is 2.26. The summed E-state index contributed by atoms with van der Waals surface area (Å²) in [4.78, 5) is 0. The Hall–Kier alpha value is -1.97. The van der Waals surface area contributed by atoms with Crippen molar-refractivity contribution in [1.29, 1.82) is 0 Å². The van der Waals surface area contributed by atoms with E-state index in [2.05, 4.69) is 25.0 Å². The maximum Gasteiger partial charge on any atom is 0.149 e. The van der Waals surface area contributed by atoms with Crippen molar-refractivity contribution in [2.75, 3.05) is 5.73 Å². The van der Waals surface area contributed by atoms with Gasteiger partial charge < -0.3 is 10.5 Å². The number of fused-ring (bicyclic) bond motifs is 1. The summed E-state index contributed by atoms with van der Waals surface area (Å²) in [5.41, 5.74) is 9.51. The molecule has 106 valence electrons. The van der Waals surface area contributed by atoms with Gasteiger partial charge in [-0.15, -0.1) is 0 Å². The molecule has 1 atom stereocenters. The fourth-order valence-corrected chi connectivity index (χ4v) is 2.68. The highest BCUT2D eigenvalue weighted by atomic mass is 16.5. The van der Waals surface area contributed by atoms with Crippen LogP contribution in [0.1, 0.15) is 37.9 Å². The van der Waals surface area contributed by atoms with E-state index in [0.717, 1.165) is 30.7 Å². The molecule has 2 aromatic rings. The summed E-state index contributed by atoms with van der Waals surface area (Å²) in [6, 6.07) is 8.08. The largest absolute Gasteiger partial charge is 0.491 e. The minimum absolute atomic E-state index is 0.221. The van der Waals surface area contributed by atoms with E-state index in [1.54, 1.807) is 0 Å². The highest BCUT2D eigenvalue weighted by Crippen LogP contribution is 2.30. The van der Waals surface area contributed by atoms with Crippen molar-refractivity contribution in [2.45, 2.75) is 45.6 Å². The Balaban J connectivity index is 1.95. The van der Waals surface area contributed by atoms with E-state index in [-0.39, 0.29) is 6.10 Å². The van der Waals surface area contributed by atoms with Crippen LogP contribution in [0.15, 0.2) is 24.3 Å². The summed E-state index contributed by atoms with van der Waals surface area (Å²) in [6.45, 7) is 4.20. The van der Waals surface area contributed by atoms with E-state index in [9.17, 15) is 0 Å². The van der Waals surface area contributed by atoms with Crippen LogP contribution in [0.5, 0.6) is 5.75 Å². The first-order valence-corrected chi connectivity index (χ1v) is 7.32. The number of hydrogen-bond donors (Lipinski definition) is 1. The molecular formula is C16H21N3O. The lowest BCUT2D eigenvalue weighted by Gasteiger charge is -2.14. The van der Waals surface area contributed by atoms with Crippen LogP contribution in [0.2, 0.25) is 0 Å². The number of benzene rings is 1. The van der Waals surface area contributed by atoms with E-state index < -0.39 is 0 Å². The second-order valence-electron chi connectivity index (χ2n) is 5.41. The zero-order valence-electron chi connectivity index (χ0n) is 12.1. The molecule has 1 heterocycles. The molecule has 0 aliphatic heterocycles. The Bertz CT molecular complexity index is 618. The van der Waals surface area contributed by atoms with E-state index >= 15 is 0 Å². The van der Waals surface area contributed by atoms with Crippen molar-refractivity contribution >= 4 is 5.82 Å². The summed E-state index contributed by atoms with van der Waals surface area (Å²) in [5.74, 6) is 1.56. The lowest BCUT2D eigenvalue weighted by atomic mass is 10.2. The van der Waals surface area contributed by atoms with Gasteiger partial charge in [-0.1, -0.05) is 13.0 Å². The zero-order valence-corrected chi connectivity index (χ0v) is 12.1. The SMILES string of the molecule is CCC(C)Oc1cccc(-n2nc(N)c3c2CCC3)c1. The van der Waals surface area contributed by atoms with Crippen molar-refractivity contribution in [3.8, 4) is 11.4 Å².